The molecular weight excluding hydrogens is 427 g/mol. The fraction of sp³-hybridized carbons (Fsp3) is 0.318. The molecule has 3 heterocycles. The number of hydrogen-bond acceptors (Lipinski definition) is 5. The average molecular weight is 445 g/mol. The summed E-state index contributed by atoms with van der Waals surface area (Å²) in [6.07, 6.45) is 0.534. The lowest BCUT2D eigenvalue weighted by Crippen LogP contribution is -2.52. The number of benzene rings is 1. The fourth-order valence-electron chi connectivity index (χ4n) is 3.90. The third-order valence-corrected chi connectivity index (χ3v) is 5.63. The summed E-state index contributed by atoms with van der Waals surface area (Å²) in [7, 11) is 0. The molecule has 1 saturated heterocycles. The van der Waals surface area contributed by atoms with Gasteiger partial charge >= 0.3 is 5.92 Å². The van der Waals surface area contributed by atoms with Gasteiger partial charge in [-0.15, -0.1) is 0 Å². The number of alkyl halides is 2. The van der Waals surface area contributed by atoms with Gasteiger partial charge in [0.05, 0.1) is 6.20 Å². The molecular formula is C22H18F3N3O4. The molecule has 7 nitrogen and oxygen atoms in total. The van der Waals surface area contributed by atoms with E-state index in [1.807, 2.05) is 0 Å². The van der Waals surface area contributed by atoms with Crippen LogP contribution in [0, 0.1) is 5.82 Å². The predicted octanol–water partition coefficient (Wildman–Crippen LogP) is 2.28. The normalized spacial score (nSPS) is 18.5. The number of hydrogen-bond donors (Lipinski definition) is 1. The van der Waals surface area contributed by atoms with Crippen molar-refractivity contribution in [2.24, 2.45) is 0 Å². The fourth-order valence-corrected chi connectivity index (χ4v) is 3.90. The Bertz CT molecular complexity index is 1120. The predicted molar refractivity (Wildman–Crippen MR) is 104 cm³/mol. The second-order valence-electron chi connectivity index (χ2n) is 7.75. The van der Waals surface area contributed by atoms with E-state index in [1.165, 1.54) is 4.90 Å². The Balaban J connectivity index is 1.43. The van der Waals surface area contributed by atoms with Crippen molar-refractivity contribution < 1.29 is 32.3 Å². The van der Waals surface area contributed by atoms with Crippen molar-refractivity contribution in [3.05, 3.63) is 64.7 Å². The van der Waals surface area contributed by atoms with Crippen molar-refractivity contribution in [1.82, 2.24) is 15.2 Å². The van der Waals surface area contributed by atoms with Gasteiger partial charge in [-0.25, -0.2) is 4.39 Å². The molecule has 166 valence electrons. The number of nitrogens with one attached hydrogen (secondary N) is 1. The van der Waals surface area contributed by atoms with Crippen molar-refractivity contribution in [1.29, 1.82) is 0 Å². The van der Waals surface area contributed by atoms with Gasteiger partial charge in [0.15, 0.2) is 0 Å². The number of aromatic nitrogens is 1. The molecule has 32 heavy (non-hydrogen) atoms. The van der Waals surface area contributed by atoms with E-state index in [1.54, 1.807) is 18.2 Å². The van der Waals surface area contributed by atoms with Gasteiger partial charge in [-0.1, -0.05) is 12.1 Å². The molecule has 2 aromatic rings. The molecule has 1 fully saturated rings. The molecule has 1 aromatic carbocycles. The van der Waals surface area contributed by atoms with Gasteiger partial charge in [0.25, 0.3) is 5.91 Å². The highest BCUT2D eigenvalue weighted by Gasteiger charge is 2.42. The molecule has 1 N–H and O–H groups in total. The van der Waals surface area contributed by atoms with Crippen LogP contribution in [0.4, 0.5) is 13.2 Å². The number of nitrogens with zero attached hydrogens (tertiary/aromatic N) is 2. The summed E-state index contributed by atoms with van der Waals surface area (Å²) in [5.74, 6) is -7.22. The van der Waals surface area contributed by atoms with E-state index < -0.39 is 41.6 Å². The lowest BCUT2D eigenvalue weighted by atomic mass is 9.99. The minimum Gasteiger partial charge on any atom is -0.322 e. The zero-order chi connectivity index (χ0) is 23.0. The quantitative estimate of drug-likeness (QED) is 0.689. The molecule has 1 aromatic heterocycles. The van der Waals surface area contributed by atoms with Crippen LogP contribution in [0.25, 0.3) is 0 Å². The number of amides is 3. The number of rotatable bonds is 6. The number of imide groups is 1. The second kappa shape index (κ2) is 8.18. The Morgan fingerprint density at radius 3 is 2.66 bits per heavy atom. The van der Waals surface area contributed by atoms with Crippen molar-refractivity contribution in [2.75, 3.05) is 0 Å². The molecule has 10 heteroatoms. The first-order valence-corrected chi connectivity index (χ1v) is 9.96. The number of carbonyl (C=O) groups is 4. The van der Waals surface area contributed by atoms with Crippen molar-refractivity contribution in [3.8, 4) is 0 Å². The van der Waals surface area contributed by atoms with Gasteiger partial charge in [0, 0.05) is 24.9 Å². The molecule has 1 unspecified atom stereocenters. The lowest BCUT2D eigenvalue weighted by molar-refractivity contribution is -0.145. The highest BCUT2D eigenvalue weighted by molar-refractivity contribution is 6.05. The summed E-state index contributed by atoms with van der Waals surface area (Å²) >= 11 is 0. The number of fused-ring (bicyclic) bond motifs is 1. The molecule has 2 aliphatic heterocycles. The minimum atomic E-state index is -3.84. The number of carbonyl (C=O) groups excluding carboxylic acids is 4. The summed E-state index contributed by atoms with van der Waals surface area (Å²) < 4.78 is 41.6. The van der Waals surface area contributed by atoms with Gasteiger partial charge < -0.3 is 4.90 Å². The molecule has 3 amide bonds. The Hall–Kier alpha value is -3.56. The zero-order valence-corrected chi connectivity index (χ0v) is 16.7. The van der Waals surface area contributed by atoms with Crippen LogP contribution in [0.3, 0.4) is 0 Å². The van der Waals surface area contributed by atoms with Gasteiger partial charge in [0.2, 0.25) is 17.6 Å². The Labute approximate surface area is 180 Å². The molecule has 1 atom stereocenters. The van der Waals surface area contributed by atoms with Crippen molar-refractivity contribution in [3.63, 3.8) is 0 Å². The Morgan fingerprint density at radius 1 is 1.19 bits per heavy atom. The molecule has 0 spiro atoms. The second-order valence-corrected chi connectivity index (χ2v) is 7.75. The summed E-state index contributed by atoms with van der Waals surface area (Å²) in [6.45, 7) is 0.151. The third kappa shape index (κ3) is 4.00. The van der Waals surface area contributed by atoms with E-state index >= 15 is 0 Å². The number of halogens is 3. The first-order valence-electron chi connectivity index (χ1n) is 9.96. The molecule has 0 aliphatic carbocycles. The molecule has 0 saturated carbocycles. The van der Waals surface area contributed by atoms with Gasteiger partial charge in [-0.2, -0.15) is 8.78 Å². The van der Waals surface area contributed by atoms with Crippen LogP contribution >= 0.6 is 0 Å². The van der Waals surface area contributed by atoms with Crippen molar-refractivity contribution in [2.45, 2.75) is 44.2 Å². The highest BCUT2D eigenvalue weighted by atomic mass is 19.3. The van der Waals surface area contributed by atoms with E-state index in [2.05, 4.69) is 10.3 Å². The molecule has 0 bridgehead atoms. The summed E-state index contributed by atoms with van der Waals surface area (Å²) in [5, 5.41) is 2.22. The van der Waals surface area contributed by atoms with E-state index in [0.717, 1.165) is 12.1 Å². The zero-order valence-electron chi connectivity index (χ0n) is 16.7. The van der Waals surface area contributed by atoms with Gasteiger partial charge in [0.1, 0.15) is 17.6 Å². The maximum Gasteiger partial charge on any atom is 0.346 e. The first kappa shape index (κ1) is 21.7. The minimum absolute atomic E-state index is 0.00943. The Morgan fingerprint density at radius 2 is 1.97 bits per heavy atom. The number of Topliss-reactive ketones (excluding diaryl/α,β-unsaturated/α-hetero) is 1. The topological polar surface area (TPSA) is 96.4 Å². The van der Waals surface area contributed by atoms with Crippen molar-refractivity contribution >= 4 is 23.5 Å². The highest BCUT2D eigenvalue weighted by Crippen LogP contribution is 2.31. The maximum atomic E-state index is 14.3. The van der Waals surface area contributed by atoms with Crippen LogP contribution in [0.2, 0.25) is 0 Å². The van der Waals surface area contributed by atoms with E-state index in [0.29, 0.717) is 22.9 Å². The standard InChI is InChI=1S/C22H18F3N3O4/c23-14-3-6-17(26-10-14)22(24,25)18(29)7-2-12-1-4-15-13(9-12)11-28(21(15)32)16-5-8-19(30)27-20(16)31/h1,3-4,6,9-10,16H,2,5,7-8,11H2,(H,27,30,31). The summed E-state index contributed by atoms with van der Waals surface area (Å²) in [4.78, 5) is 52.9. The third-order valence-electron chi connectivity index (χ3n) is 5.63. The van der Waals surface area contributed by atoms with Gasteiger partial charge in [-0.3, -0.25) is 29.5 Å². The number of piperidine rings is 1. The van der Waals surface area contributed by atoms with E-state index in [9.17, 15) is 32.3 Å². The molecule has 0 radical (unpaired) electrons. The molecule has 2 aliphatic rings. The monoisotopic (exact) mass is 445 g/mol. The van der Waals surface area contributed by atoms with Crippen LogP contribution in [0.15, 0.2) is 36.5 Å². The van der Waals surface area contributed by atoms with Crippen LogP contribution in [-0.4, -0.2) is 39.4 Å². The van der Waals surface area contributed by atoms with Crippen LogP contribution in [0.5, 0.6) is 0 Å². The first-order chi connectivity index (χ1) is 15.2. The van der Waals surface area contributed by atoms with Crippen LogP contribution in [0.1, 0.15) is 46.4 Å². The van der Waals surface area contributed by atoms with Crippen LogP contribution < -0.4 is 5.32 Å². The maximum absolute atomic E-state index is 14.3. The number of aryl methyl sites for hydroxylation is 1. The number of ketones is 1. The van der Waals surface area contributed by atoms with Crippen LogP contribution in [-0.2, 0) is 33.3 Å². The summed E-state index contributed by atoms with van der Waals surface area (Å²) in [5.41, 5.74) is 0.781. The van der Waals surface area contributed by atoms with Gasteiger partial charge in [-0.05, 0) is 42.2 Å². The molecule has 4 rings (SSSR count). The SMILES string of the molecule is O=C1CCC(N2Cc3cc(CCC(=O)C(F)(F)c4ccc(F)cn4)ccc3C2=O)C(=O)N1. The lowest BCUT2D eigenvalue weighted by Gasteiger charge is -2.29. The smallest absolute Gasteiger partial charge is 0.322 e. The average Bonchev–Trinajstić information content (AvgIpc) is 3.08. The summed E-state index contributed by atoms with van der Waals surface area (Å²) in [6, 6.07) is 5.61. The largest absolute Gasteiger partial charge is 0.346 e. The van der Waals surface area contributed by atoms with E-state index in [-0.39, 0.29) is 37.6 Å². The van der Waals surface area contributed by atoms with E-state index in [4.69, 9.17) is 0 Å². The number of pyridine rings is 1. The Kier molecular flexibility index (Phi) is 5.53.